The van der Waals surface area contributed by atoms with Crippen molar-refractivity contribution in [1.29, 1.82) is 0 Å². The zero-order chi connectivity index (χ0) is 19.0. The van der Waals surface area contributed by atoms with Crippen molar-refractivity contribution in [3.8, 4) is 0 Å². The maximum Gasteiger partial charge on any atom is 0.259 e. The summed E-state index contributed by atoms with van der Waals surface area (Å²) in [7, 11) is 1.70. The molecule has 0 unspecified atom stereocenters. The van der Waals surface area contributed by atoms with Crippen LogP contribution in [-0.2, 0) is 11.3 Å². The van der Waals surface area contributed by atoms with Crippen LogP contribution in [0.15, 0.2) is 9.95 Å². The second-order valence-electron chi connectivity index (χ2n) is 6.38. The normalized spacial score (nSPS) is 12.8. The Kier molecular flexibility index (Phi) is 5.55. The highest BCUT2D eigenvalue weighted by Gasteiger charge is 2.19. The number of aryl methyl sites for hydroxylation is 3. The van der Waals surface area contributed by atoms with Crippen molar-refractivity contribution >= 4 is 33.3 Å². The minimum Gasteiger partial charge on any atom is -0.383 e. The molecule has 3 heterocycles. The number of methoxy groups -OCH3 is 1. The van der Waals surface area contributed by atoms with Gasteiger partial charge in [0.25, 0.3) is 5.56 Å². The highest BCUT2D eigenvalue weighted by Crippen LogP contribution is 2.34. The summed E-state index contributed by atoms with van der Waals surface area (Å²) in [5.41, 5.74) is 3.11. The van der Waals surface area contributed by atoms with Gasteiger partial charge < -0.3 is 14.3 Å². The maximum absolute atomic E-state index is 12.5. The van der Waals surface area contributed by atoms with Crippen LogP contribution in [0.25, 0.3) is 10.2 Å². The maximum atomic E-state index is 12.5. The van der Waals surface area contributed by atoms with Crippen molar-refractivity contribution in [2.75, 3.05) is 13.7 Å². The number of nitrogens with one attached hydrogen (secondary N) is 1. The number of hydrogen-bond donors (Lipinski definition) is 1. The number of rotatable bonds is 6. The first-order valence-corrected chi connectivity index (χ1v) is 10.2. The van der Waals surface area contributed by atoms with Crippen LogP contribution in [0.5, 0.6) is 0 Å². The molecule has 0 aliphatic rings. The van der Waals surface area contributed by atoms with Crippen LogP contribution in [0.4, 0.5) is 0 Å². The van der Waals surface area contributed by atoms with Gasteiger partial charge in [0.15, 0.2) is 5.16 Å². The van der Waals surface area contributed by atoms with E-state index in [-0.39, 0.29) is 10.8 Å². The summed E-state index contributed by atoms with van der Waals surface area (Å²) < 4.78 is 7.38. The molecular formula is C18H24N4O2S2. The Balaban J connectivity index is 1.94. The zero-order valence-electron chi connectivity index (χ0n) is 16.0. The average Bonchev–Trinajstić information content (AvgIpc) is 3.02. The summed E-state index contributed by atoms with van der Waals surface area (Å²) in [5.74, 6) is 0.686. The summed E-state index contributed by atoms with van der Waals surface area (Å²) in [6.07, 6.45) is 0. The monoisotopic (exact) mass is 392 g/mol. The van der Waals surface area contributed by atoms with Gasteiger partial charge in [-0.05, 0) is 40.2 Å². The molecule has 1 N–H and O–H groups in total. The number of aromatic amines is 1. The summed E-state index contributed by atoms with van der Waals surface area (Å²) in [6.45, 7) is 11.5. The highest BCUT2D eigenvalue weighted by molar-refractivity contribution is 7.99. The third-order valence-electron chi connectivity index (χ3n) is 4.67. The molecule has 140 valence electrons. The molecule has 0 saturated carbocycles. The lowest BCUT2D eigenvalue weighted by Gasteiger charge is -2.13. The molecule has 3 aromatic rings. The van der Waals surface area contributed by atoms with E-state index in [1.165, 1.54) is 0 Å². The Morgan fingerprint density at radius 2 is 2.00 bits per heavy atom. The summed E-state index contributed by atoms with van der Waals surface area (Å²) in [5, 5.41) is 1.62. The molecule has 0 saturated heterocycles. The van der Waals surface area contributed by atoms with Gasteiger partial charge >= 0.3 is 0 Å². The van der Waals surface area contributed by atoms with E-state index in [1.54, 1.807) is 30.2 Å². The summed E-state index contributed by atoms with van der Waals surface area (Å²) in [6, 6.07) is 0. The molecule has 26 heavy (non-hydrogen) atoms. The van der Waals surface area contributed by atoms with Gasteiger partial charge in [-0.25, -0.2) is 9.97 Å². The number of fused-ring (bicyclic) bond motifs is 1. The van der Waals surface area contributed by atoms with Gasteiger partial charge in [-0.2, -0.15) is 0 Å². The molecule has 3 rings (SSSR count). The van der Waals surface area contributed by atoms with Crippen LogP contribution in [0.3, 0.4) is 0 Å². The largest absolute Gasteiger partial charge is 0.383 e. The van der Waals surface area contributed by atoms with Gasteiger partial charge in [0.05, 0.1) is 22.9 Å². The third-order valence-corrected chi connectivity index (χ3v) is 6.87. The Labute approximate surface area is 161 Å². The van der Waals surface area contributed by atoms with Crippen LogP contribution in [-0.4, -0.2) is 33.2 Å². The molecule has 0 fully saturated rings. The molecule has 1 atom stereocenters. The summed E-state index contributed by atoms with van der Waals surface area (Å²) in [4.78, 5) is 26.8. The Morgan fingerprint density at radius 3 is 2.69 bits per heavy atom. The van der Waals surface area contributed by atoms with Crippen molar-refractivity contribution in [3.63, 3.8) is 0 Å². The van der Waals surface area contributed by atoms with E-state index in [4.69, 9.17) is 9.72 Å². The van der Waals surface area contributed by atoms with Crippen molar-refractivity contribution < 1.29 is 4.74 Å². The van der Waals surface area contributed by atoms with Crippen LogP contribution in [0.2, 0.25) is 0 Å². The molecule has 0 aliphatic carbocycles. The van der Waals surface area contributed by atoms with Crippen molar-refractivity contribution in [2.24, 2.45) is 0 Å². The molecule has 6 nitrogen and oxygen atoms in total. The van der Waals surface area contributed by atoms with Crippen LogP contribution in [0.1, 0.15) is 39.8 Å². The van der Waals surface area contributed by atoms with Crippen LogP contribution < -0.4 is 5.56 Å². The van der Waals surface area contributed by atoms with E-state index in [9.17, 15) is 4.79 Å². The molecule has 0 spiro atoms. The number of ether oxygens (including phenoxy) is 1. The van der Waals surface area contributed by atoms with Gasteiger partial charge in [0.1, 0.15) is 10.7 Å². The number of aromatic nitrogens is 4. The number of nitrogens with zero attached hydrogens (tertiary/aromatic N) is 3. The topological polar surface area (TPSA) is 72.8 Å². The molecule has 3 aromatic heterocycles. The number of thiophene rings is 1. The van der Waals surface area contributed by atoms with Crippen LogP contribution in [0, 0.1) is 27.7 Å². The smallest absolute Gasteiger partial charge is 0.259 e. The Hall–Kier alpha value is -1.64. The van der Waals surface area contributed by atoms with E-state index in [0.717, 1.165) is 38.4 Å². The fraction of sp³-hybridized carbons (Fsp3) is 0.500. The molecule has 0 aliphatic heterocycles. The van der Waals surface area contributed by atoms with E-state index in [0.29, 0.717) is 17.8 Å². The SMILES string of the molecule is COCCn1c(S[C@H](C)c2nc3sc(C)c(C)c3c(=O)[nH]2)nc(C)c1C. The number of imidazole rings is 1. The number of hydrogen-bond acceptors (Lipinski definition) is 6. The van der Waals surface area contributed by atoms with Gasteiger partial charge in [-0.3, -0.25) is 4.79 Å². The van der Waals surface area contributed by atoms with E-state index in [1.807, 2.05) is 27.7 Å². The van der Waals surface area contributed by atoms with Crippen LogP contribution >= 0.6 is 23.1 Å². The van der Waals surface area contributed by atoms with Crippen molar-refractivity contribution in [1.82, 2.24) is 19.5 Å². The predicted molar refractivity (Wildman–Crippen MR) is 108 cm³/mol. The molecule has 0 bridgehead atoms. The number of thioether (sulfide) groups is 1. The van der Waals surface area contributed by atoms with Crippen molar-refractivity contribution in [3.05, 3.63) is 38.0 Å². The molecule has 0 amide bonds. The first-order chi connectivity index (χ1) is 12.3. The molecule has 0 radical (unpaired) electrons. The second-order valence-corrected chi connectivity index (χ2v) is 8.90. The van der Waals surface area contributed by atoms with E-state index >= 15 is 0 Å². The minimum atomic E-state index is -0.0608. The minimum absolute atomic E-state index is 0.0164. The van der Waals surface area contributed by atoms with E-state index in [2.05, 4.69) is 21.5 Å². The third kappa shape index (κ3) is 3.45. The Bertz CT molecular complexity index is 1000. The van der Waals surface area contributed by atoms with Gasteiger partial charge in [0.2, 0.25) is 0 Å². The number of H-pyrrole nitrogens is 1. The van der Waals surface area contributed by atoms with E-state index < -0.39 is 0 Å². The molecule has 8 heteroatoms. The first kappa shape index (κ1) is 19.1. The first-order valence-electron chi connectivity index (χ1n) is 8.52. The van der Waals surface area contributed by atoms with Gasteiger partial charge in [-0.1, -0.05) is 11.8 Å². The fourth-order valence-corrected chi connectivity index (χ4v) is 4.96. The molecular weight excluding hydrogens is 368 g/mol. The van der Waals surface area contributed by atoms with Gasteiger partial charge in [0, 0.05) is 24.2 Å². The quantitative estimate of drug-likeness (QED) is 0.644. The lowest BCUT2D eigenvalue weighted by Crippen LogP contribution is -2.13. The fourth-order valence-electron chi connectivity index (χ4n) is 2.84. The van der Waals surface area contributed by atoms with Gasteiger partial charge in [-0.15, -0.1) is 11.3 Å². The molecule has 0 aromatic carbocycles. The lowest BCUT2D eigenvalue weighted by molar-refractivity contribution is 0.184. The predicted octanol–water partition coefficient (Wildman–Crippen LogP) is 3.91. The highest BCUT2D eigenvalue weighted by atomic mass is 32.2. The zero-order valence-corrected chi connectivity index (χ0v) is 17.6. The Morgan fingerprint density at radius 1 is 1.27 bits per heavy atom. The lowest BCUT2D eigenvalue weighted by atomic mass is 10.2. The van der Waals surface area contributed by atoms with Crippen molar-refractivity contribution in [2.45, 2.75) is 51.6 Å². The summed E-state index contributed by atoms with van der Waals surface area (Å²) >= 11 is 3.18. The standard InChI is InChI=1S/C18H24N4O2S2/c1-9-12(4)25-17-14(9)16(23)20-15(21-17)13(5)26-18-19-10(2)11(3)22(18)7-8-24-6/h13H,7-8H2,1-6H3,(H,20,21,23)/t13-/m1/s1. The second kappa shape index (κ2) is 7.54. The average molecular weight is 393 g/mol.